The number of aliphatic hydroxyl groups excluding tert-OH is 1. The van der Waals surface area contributed by atoms with Crippen molar-refractivity contribution in [3.05, 3.63) is 0 Å². The van der Waals surface area contributed by atoms with Crippen LogP contribution < -0.4 is 5.32 Å². The second kappa shape index (κ2) is 20.5. The van der Waals surface area contributed by atoms with Gasteiger partial charge in [0.15, 0.2) is 0 Å². The number of carbonyl (C=O) groups excluding carboxylic acids is 3. The van der Waals surface area contributed by atoms with Gasteiger partial charge in [0, 0.05) is 17.9 Å². The van der Waals surface area contributed by atoms with Crippen LogP contribution in [0.1, 0.15) is 146 Å². The molecule has 3 saturated heterocycles. The summed E-state index contributed by atoms with van der Waals surface area (Å²) in [5, 5.41) is 13.4. The van der Waals surface area contributed by atoms with Crippen LogP contribution in [0.3, 0.4) is 0 Å². The first-order valence-electron chi connectivity index (χ1n) is 20.0. The summed E-state index contributed by atoms with van der Waals surface area (Å²) in [7, 11) is 1.40. The molecule has 3 fully saturated rings. The molecular weight excluding hydrogens is 654 g/mol. The molecule has 0 unspecified atom stereocenters. The number of esters is 2. The zero-order valence-electron chi connectivity index (χ0n) is 33.3. The van der Waals surface area contributed by atoms with Crippen molar-refractivity contribution in [1.29, 1.82) is 0 Å². The van der Waals surface area contributed by atoms with Crippen LogP contribution in [0.25, 0.3) is 0 Å². The maximum absolute atomic E-state index is 14.0. The van der Waals surface area contributed by atoms with Crippen molar-refractivity contribution in [2.45, 2.75) is 206 Å². The first-order chi connectivity index (χ1) is 24.1. The first-order valence-corrected chi connectivity index (χ1v) is 20.0. The monoisotopic (exact) mass is 726 g/mol. The minimum absolute atomic E-state index is 0.0407. The summed E-state index contributed by atoms with van der Waals surface area (Å²) in [4.78, 5) is 38.9. The first kappa shape index (κ1) is 43.5. The van der Waals surface area contributed by atoms with Gasteiger partial charge in [0.05, 0.1) is 61.7 Å². The fourth-order valence-electron chi connectivity index (χ4n) is 8.32. The maximum Gasteiger partial charge on any atom is 0.407 e. The summed E-state index contributed by atoms with van der Waals surface area (Å²) in [6, 6.07) is -0.0685. The topological polar surface area (TPSA) is 139 Å². The number of rotatable bonds is 19. The predicted molar refractivity (Wildman–Crippen MR) is 195 cm³/mol. The Labute approximate surface area is 307 Å². The Morgan fingerprint density at radius 2 is 1.31 bits per heavy atom. The Kier molecular flexibility index (Phi) is 17.5. The molecule has 3 rings (SSSR count). The van der Waals surface area contributed by atoms with Gasteiger partial charge in [0.25, 0.3) is 0 Å². The highest BCUT2D eigenvalue weighted by Gasteiger charge is 2.46. The Balaban J connectivity index is 1.74. The minimum Gasteiger partial charge on any atom is -0.469 e. The van der Waals surface area contributed by atoms with Crippen LogP contribution in [0.5, 0.6) is 0 Å². The molecule has 0 saturated carbocycles. The summed E-state index contributed by atoms with van der Waals surface area (Å²) >= 11 is 0. The van der Waals surface area contributed by atoms with E-state index in [0.717, 1.165) is 70.6 Å². The molecule has 3 aliphatic heterocycles. The van der Waals surface area contributed by atoms with Crippen molar-refractivity contribution in [2.75, 3.05) is 7.11 Å². The lowest BCUT2D eigenvalue weighted by Gasteiger charge is -2.37. The number of ether oxygens (including phenoxy) is 6. The van der Waals surface area contributed by atoms with Crippen LogP contribution in [0.2, 0.25) is 0 Å². The van der Waals surface area contributed by atoms with Crippen molar-refractivity contribution in [3.63, 3.8) is 0 Å². The lowest BCUT2D eigenvalue weighted by Crippen LogP contribution is -2.45. The molecule has 296 valence electrons. The summed E-state index contributed by atoms with van der Waals surface area (Å²) in [5.74, 6) is -1.66. The van der Waals surface area contributed by atoms with E-state index in [9.17, 15) is 19.5 Å². The van der Waals surface area contributed by atoms with Gasteiger partial charge in [-0.3, -0.25) is 9.59 Å². The smallest absolute Gasteiger partial charge is 0.407 e. The summed E-state index contributed by atoms with van der Waals surface area (Å²) in [6.07, 6.45) is 7.91. The highest BCUT2D eigenvalue weighted by atomic mass is 16.6. The van der Waals surface area contributed by atoms with E-state index in [1.54, 1.807) is 0 Å². The van der Waals surface area contributed by atoms with Crippen LogP contribution in [-0.4, -0.2) is 90.7 Å². The second-order valence-electron chi connectivity index (χ2n) is 16.5. The number of nitrogens with one attached hydrogen (secondary N) is 1. The van der Waals surface area contributed by atoms with E-state index in [4.69, 9.17) is 28.4 Å². The standard InChI is InChI=1S/C40H71NO10/c1-11-14-27(41-39(45)51-40(7,8)9)22-29-17-19-35(48-29)31(13-3)36(24(4)32-20-21-34(49-32)25(5)37(43)46-10)50-38(44)26(6)33-18-16-30(47-33)23-28(42)15-12-2/h24-36,42H,11-23H2,1-10H3,(H,41,45)/t24-,25-,26-,27-,28+,29+,30+,31-,32+,33-,34-,35-,36+/m1/s1. The van der Waals surface area contributed by atoms with E-state index in [1.807, 2.05) is 34.6 Å². The van der Waals surface area contributed by atoms with Crippen molar-refractivity contribution < 1.29 is 47.9 Å². The highest BCUT2D eigenvalue weighted by Crippen LogP contribution is 2.40. The van der Waals surface area contributed by atoms with Crippen molar-refractivity contribution in [2.24, 2.45) is 23.7 Å². The molecular formula is C40H71NO10. The van der Waals surface area contributed by atoms with Crippen LogP contribution in [0, 0.1) is 23.7 Å². The van der Waals surface area contributed by atoms with Crippen molar-refractivity contribution >= 4 is 18.0 Å². The van der Waals surface area contributed by atoms with Gasteiger partial charge < -0.3 is 38.8 Å². The third-order valence-electron chi connectivity index (χ3n) is 11.2. The summed E-state index contributed by atoms with van der Waals surface area (Å²) in [6.45, 7) is 17.7. The number of amides is 1. The Morgan fingerprint density at radius 3 is 1.92 bits per heavy atom. The van der Waals surface area contributed by atoms with Crippen LogP contribution in [0.15, 0.2) is 0 Å². The number of hydrogen-bond donors (Lipinski definition) is 2. The van der Waals surface area contributed by atoms with Crippen LogP contribution in [0.4, 0.5) is 4.79 Å². The molecule has 0 spiro atoms. The molecule has 11 heteroatoms. The molecule has 51 heavy (non-hydrogen) atoms. The van der Waals surface area contributed by atoms with Crippen molar-refractivity contribution in [3.8, 4) is 0 Å². The number of alkyl carbamates (subject to hydrolysis) is 1. The molecule has 0 bridgehead atoms. The van der Waals surface area contributed by atoms with Crippen LogP contribution in [-0.2, 0) is 38.0 Å². The average Bonchev–Trinajstić information content (AvgIpc) is 3.84. The lowest BCUT2D eigenvalue weighted by molar-refractivity contribution is -0.174. The molecule has 0 aromatic carbocycles. The van der Waals surface area contributed by atoms with Gasteiger partial charge >= 0.3 is 18.0 Å². The largest absolute Gasteiger partial charge is 0.469 e. The SMILES string of the molecule is CCC[C@H](O)C[C@@H]1CC[C@H]([C@@H](C)C(=O)O[C@@H]([C@H](C)[C@@H]2CC[C@H]([C@@H](C)C(=O)OC)O2)[C@H](CC)[C@H]2CC[C@@H](C[C@@H](CCC)NC(=O)OC(C)(C)C)O2)O1. The predicted octanol–water partition coefficient (Wildman–Crippen LogP) is 7.28. The van der Waals surface area contributed by atoms with E-state index >= 15 is 0 Å². The molecule has 0 radical (unpaired) electrons. The average molecular weight is 726 g/mol. The van der Waals surface area contributed by atoms with E-state index in [1.165, 1.54) is 7.11 Å². The quantitative estimate of drug-likeness (QED) is 0.103. The molecule has 3 aliphatic rings. The molecule has 1 amide bonds. The summed E-state index contributed by atoms with van der Waals surface area (Å²) < 4.78 is 36.6. The zero-order valence-corrected chi connectivity index (χ0v) is 33.3. The normalized spacial score (nSPS) is 29.4. The van der Waals surface area contributed by atoms with E-state index < -0.39 is 29.8 Å². The Morgan fingerprint density at radius 1 is 0.765 bits per heavy atom. The van der Waals surface area contributed by atoms with Gasteiger partial charge in [-0.1, -0.05) is 40.5 Å². The lowest BCUT2D eigenvalue weighted by atomic mass is 9.81. The number of methoxy groups -OCH3 is 1. The fourth-order valence-corrected chi connectivity index (χ4v) is 8.32. The van der Waals surface area contributed by atoms with Crippen molar-refractivity contribution in [1.82, 2.24) is 5.32 Å². The molecule has 2 N–H and O–H groups in total. The van der Waals surface area contributed by atoms with Gasteiger partial charge in [-0.05, 0) is 105 Å². The molecule has 11 nitrogen and oxygen atoms in total. The Hall–Kier alpha value is -1.95. The van der Waals surface area contributed by atoms with Gasteiger partial charge in [0.1, 0.15) is 11.7 Å². The third kappa shape index (κ3) is 13.1. The third-order valence-corrected chi connectivity index (χ3v) is 11.2. The summed E-state index contributed by atoms with van der Waals surface area (Å²) in [5.41, 5.74) is -0.575. The number of aliphatic hydroxyl groups is 1. The Bertz CT molecular complexity index is 1080. The highest BCUT2D eigenvalue weighted by molar-refractivity contribution is 5.73. The molecule has 0 aromatic heterocycles. The van der Waals surface area contributed by atoms with E-state index in [2.05, 4.69) is 33.0 Å². The fraction of sp³-hybridized carbons (Fsp3) is 0.925. The molecule has 0 aromatic rings. The van der Waals surface area contributed by atoms with Gasteiger partial charge in [0.2, 0.25) is 0 Å². The number of hydrogen-bond acceptors (Lipinski definition) is 10. The minimum atomic E-state index is -0.575. The van der Waals surface area contributed by atoms with E-state index in [0.29, 0.717) is 12.8 Å². The maximum atomic E-state index is 14.0. The van der Waals surface area contributed by atoms with Gasteiger partial charge in [-0.15, -0.1) is 0 Å². The molecule has 0 aliphatic carbocycles. The second-order valence-corrected chi connectivity index (χ2v) is 16.5. The molecule has 13 atom stereocenters. The number of carbonyl (C=O) groups is 3. The van der Waals surface area contributed by atoms with E-state index in [-0.39, 0.29) is 72.4 Å². The van der Waals surface area contributed by atoms with Gasteiger partial charge in [-0.2, -0.15) is 0 Å². The van der Waals surface area contributed by atoms with Crippen LogP contribution >= 0.6 is 0 Å². The van der Waals surface area contributed by atoms with Gasteiger partial charge in [-0.25, -0.2) is 4.79 Å². The molecule has 3 heterocycles. The zero-order chi connectivity index (χ0) is 37.9.